The molecule has 2 aromatic rings. The average Bonchev–Trinajstić information content (AvgIpc) is 2.94. The first-order valence-corrected chi connectivity index (χ1v) is 20.6. The monoisotopic (exact) mass is 668 g/mol. The topological polar surface area (TPSA) is 55.4 Å². The van der Waals surface area contributed by atoms with E-state index in [4.69, 9.17) is 49.8 Å². The Labute approximate surface area is 271 Å². The normalized spacial score (nSPS) is 24.5. The van der Waals surface area contributed by atoms with Gasteiger partial charge in [0, 0.05) is 49.3 Å². The van der Waals surface area contributed by atoms with Gasteiger partial charge in [0.2, 0.25) is 0 Å². The third kappa shape index (κ3) is 10.6. The highest BCUT2D eigenvalue weighted by molar-refractivity contribution is 6.61. The maximum absolute atomic E-state index is 6.88. The third-order valence-electron chi connectivity index (χ3n) is 7.91. The molecule has 2 heterocycles. The van der Waals surface area contributed by atoms with Crippen LogP contribution in [-0.2, 0) is 51.2 Å². The van der Waals surface area contributed by atoms with Gasteiger partial charge in [-0.1, -0.05) is 48.5 Å². The molecule has 0 bridgehead atoms. The highest BCUT2D eigenvalue weighted by Gasteiger charge is 2.53. The first kappa shape index (κ1) is 35.1. The van der Waals surface area contributed by atoms with Gasteiger partial charge in [0.05, 0.1) is 11.2 Å². The predicted octanol–water partition coefficient (Wildman–Crippen LogP) is 8.46. The lowest BCUT2D eigenvalue weighted by atomic mass is 10.0. The zero-order valence-corrected chi connectivity index (χ0v) is 30.3. The van der Waals surface area contributed by atoms with E-state index in [1.54, 1.807) is 0 Å². The van der Waals surface area contributed by atoms with Gasteiger partial charge in [-0.25, -0.2) is 0 Å². The summed E-state index contributed by atoms with van der Waals surface area (Å²) in [6, 6.07) is 18.3. The van der Waals surface area contributed by atoms with Gasteiger partial charge in [0.15, 0.2) is 0 Å². The molecule has 240 valence electrons. The predicted molar refractivity (Wildman–Crippen MR) is 178 cm³/mol. The number of alkyl halides is 2. The summed E-state index contributed by atoms with van der Waals surface area (Å²) >= 11 is 12.0. The maximum Gasteiger partial charge on any atom is 0.502 e. The van der Waals surface area contributed by atoms with E-state index in [0.29, 0.717) is 37.4 Å². The molecule has 43 heavy (non-hydrogen) atoms. The molecule has 3 unspecified atom stereocenters. The lowest BCUT2D eigenvalue weighted by molar-refractivity contribution is -0.108. The molecule has 0 amide bonds. The van der Waals surface area contributed by atoms with Crippen LogP contribution in [0, 0.1) is 0 Å². The minimum atomic E-state index is -3.03. The van der Waals surface area contributed by atoms with Crippen molar-refractivity contribution in [2.75, 3.05) is 13.2 Å². The minimum Gasteiger partial charge on any atom is -0.373 e. The Hall–Kier alpha value is -0.786. The maximum atomic E-state index is 6.88. The van der Waals surface area contributed by atoms with Gasteiger partial charge in [-0.15, -0.1) is 23.2 Å². The Balaban J connectivity index is 1.43. The van der Waals surface area contributed by atoms with Crippen molar-refractivity contribution < 1.29 is 26.6 Å². The van der Waals surface area contributed by atoms with Crippen LogP contribution in [0.2, 0.25) is 12.1 Å². The van der Waals surface area contributed by atoms with Crippen LogP contribution in [0.4, 0.5) is 0 Å². The fraction of sp³-hybridized carbons (Fsp3) is 0.636. The van der Waals surface area contributed by atoms with Crippen molar-refractivity contribution in [3.05, 3.63) is 70.8 Å². The Bertz CT molecular complexity index is 1140. The summed E-state index contributed by atoms with van der Waals surface area (Å²) in [5.74, 6) is 1.03. The molecular formula is C33H50Cl2O6Si2. The van der Waals surface area contributed by atoms with Crippen molar-refractivity contribution in [3.8, 4) is 0 Å². The number of benzene rings is 2. The molecule has 2 aliphatic heterocycles. The van der Waals surface area contributed by atoms with Crippen molar-refractivity contribution in [1.82, 2.24) is 0 Å². The van der Waals surface area contributed by atoms with Crippen LogP contribution in [0.25, 0.3) is 0 Å². The molecule has 0 radical (unpaired) electrons. The molecule has 0 N–H and O–H groups in total. The van der Waals surface area contributed by atoms with E-state index < -0.39 is 23.2 Å². The number of hydrogen-bond donors (Lipinski definition) is 0. The van der Waals surface area contributed by atoms with Crippen LogP contribution in [-0.4, -0.2) is 54.2 Å². The highest BCUT2D eigenvalue weighted by Crippen LogP contribution is 2.38. The zero-order chi connectivity index (χ0) is 31.1. The second kappa shape index (κ2) is 15.2. The van der Waals surface area contributed by atoms with Gasteiger partial charge in [-0.3, -0.25) is 0 Å². The van der Waals surface area contributed by atoms with Gasteiger partial charge >= 0.3 is 17.6 Å². The number of rotatable bonds is 14. The van der Waals surface area contributed by atoms with E-state index in [1.807, 2.05) is 0 Å². The number of halogens is 2. The molecule has 4 rings (SSSR count). The zero-order valence-electron chi connectivity index (χ0n) is 26.8. The summed E-state index contributed by atoms with van der Waals surface area (Å²) < 4.78 is 39.8. The molecule has 2 aromatic carbocycles. The van der Waals surface area contributed by atoms with E-state index >= 15 is 0 Å². The summed E-state index contributed by atoms with van der Waals surface area (Å²) in [7, 11) is -5.93. The Kier molecular flexibility index (Phi) is 12.4. The second-order valence-electron chi connectivity index (χ2n) is 13.3. The van der Waals surface area contributed by atoms with Crippen LogP contribution in [0.15, 0.2) is 48.5 Å². The van der Waals surface area contributed by atoms with Crippen molar-refractivity contribution in [1.29, 1.82) is 0 Å². The summed E-state index contributed by atoms with van der Waals surface area (Å²) in [5, 5.41) is 0. The SMILES string of the molecule is CC(CC(C)(C)O[Si]1(CCc2ccc(CCl)cc2)OCCCO1)O[Si]1(CCc2ccc(CCl)cc2)OC(C)CC(C)(C)O1. The first-order valence-electron chi connectivity index (χ1n) is 15.7. The molecule has 2 aliphatic rings. The van der Waals surface area contributed by atoms with Crippen molar-refractivity contribution >= 4 is 40.8 Å². The Morgan fingerprint density at radius 2 is 1.35 bits per heavy atom. The van der Waals surface area contributed by atoms with Gasteiger partial charge in [0.1, 0.15) is 0 Å². The Morgan fingerprint density at radius 3 is 1.84 bits per heavy atom. The largest absolute Gasteiger partial charge is 0.502 e. The minimum absolute atomic E-state index is 0.0590. The highest BCUT2D eigenvalue weighted by atomic mass is 35.5. The van der Waals surface area contributed by atoms with E-state index in [1.165, 1.54) is 11.1 Å². The van der Waals surface area contributed by atoms with Crippen LogP contribution >= 0.6 is 23.2 Å². The molecular weight excluding hydrogens is 619 g/mol. The van der Waals surface area contributed by atoms with Gasteiger partial charge in [0.25, 0.3) is 0 Å². The Morgan fingerprint density at radius 1 is 0.860 bits per heavy atom. The molecule has 0 saturated carbocycles. The molecule has 0 aliphatic carbocycles. The van der Waals surface area contributed by atoms with Crippen molar-refractivity contribution in [2.24, 2.45) is 0 Å². The van der Waals surface area contributed by atoms with Gasteiger partial charge in [-0.2, -0.15) is 0 Å². The van der Waals surface area contributed by atoms with Crippen LogP contribution in [0.3, 0.4) is 0 Å². The quantitative estimate of drug-likeness (QED) is 0.149. The van der Waals surface area contributed by atoms with Crippen molar-refractivity contribution in [2.45, 2.75) is 121 Å². The van der Waals surface area contributed by atoms with E-state index in [9.17, 15) is 0 Å². The summed E-state index contributed by atoms with van der Waals surface area (Å²) in [5.41, 5.74) is 3.82. The smallest absolute Gasteiger partial charge is 0.373 e. The summed E-state index contributed by atoms with van der Waals surface area (Å²) in [6.07, 6.45) is 3.91. The lowest BCUT2D eigenvalue weighted by Crippen LogP contribution is -2.60. The molecule has 2 saturated heterocycles. The molecule has 2 fully saturated rings. The molecule has 0 aromatic heterocycles. The molecule has 0 spiro atoms. The molecule has 6 nitrogen and oxygen atoms in total. The standard InChI is InChI=1S/C33H50Cl2O6Si2/c1-26(38-43(39-27(2)23-33(5,6)41-43)21-17-29-10-14-31(25-35)15-11-29)22-32(3,4)40-42(36-18-7-19-37-42)20-16-28-8-12-30(24-34)13-9-28/h8-15,26-27H,7,16-25H2,1-6H3. The van der Waals surface area contributed by atoms with E-state index in [0.717, 1.165) is 42.9 Å². The van der Waals surface area contributed by atoms with Crippen LogP contribution in [0.5, 0.6) is 0 Å². The summed E-state index contributed by atoms with van der Waals surface area (Å²) in [4.78, 5) is 0. The van der Waals surface area contributed by atoms with Crippen LogP contribution < -0.4 is 0 Å². The van der Waals surface area contributed by atoms with E-state index in [-0.39, 0.29) is 17.8 Å². The van der Waals surface area contributed by atoms with Gasteiger partial charge < -0.3 is 26.6 Å². The number of aryl methyl sites for hydroxylation is 2. The van der Waals surface area contributed by atoms with Gasteiger partial charge in [-0.05, 0) is 95.9 Å². The van der Waals surface area contributed by atoms with Crippen molar-refractivity contribution in [3.63, 3.8) is 0 Å². The fourth-order valence-electron chi connectivity index (χ4n) is 6.25. The molecule has 10 heteroatoms. The molecule has 3 atom stereocenters. The lowest BCUT2D eigenvalue weighted by Gasteiger charge is -2.47. The fourth-order valence-corrected chi connectivity index (χ4v) is 13.0. The first-order chi connectivity index (χ1) is 20.3. The van der Waals surface area contributed by atoms with Crippen LogP contribution in [0.1, 0.15) is 83.1 Å². The third-order valence-corrected chi connectivity index (χ3v) is 14.8. The van der Waals surface area contributed by atoms with E-state index in [2.05, 4.69) is 90.1 Å². The number of hydrogen-bond acceptors (Lipinski definition) is 6. The second-order valence-corrected chi connectivity index (χ2v) is 19.0. The summed E-state index contributed by atoms with van der Waals surface area (Å²) in [6.45, 7) is 14.1. The average molecular weight is 670 g/mol.